The van der Waals surface area contributed by atoms with Gasteiger partial charge in [0.1, 0.15) is 16.4 Å². The first-order valence-corrected chi connectivity index (χ1v) is 6.12. The third kappa shape index (κ3) is 2.80. The topological polar surface area (TPSA) is 47.9 Å². The van der Waals surface area contributed by atoms with E-state index in [4.69, 9.17) is 27.9 Å². The molecule has 2 rings (SSSR count). The van der Waals surface area contributed by atoms with E-state index in [2.05, 4.69) is 15.0 Å². The lowest BCUT2D eigenvalue weighted by Gasteiger charge is -2.07. The van der Waals surface area contributed by atoms with E-state index in [-0.39, 0.29) is 5.15 Å². The maximum atomic E-state index is 6.01. The van der Waals surface area contributed by atoms with Crippen molar-refractivity contribution in [2.45, 2.75) is 10.1 Å². The molecule has 0 aliphatic rings. The van der Waals surface area contributed by atoms with E-state index in [0.717, 1.165) is 0 Å². The molecular weight excluding hydrogens is 281 g/mol. The van der Waals surface area contributed by atoms with Gasteiger partial charge in [-0.05, 0) is 23.9 Å². The van der Waals surface area contributed by atoms with E-state index in [0.29, 0.717) is 20.8 Å². The maximum absolute atomic E-state index is 6.01. The van der Waals surface area contributed by atoms with Crippen LogP contribution in [0.25, 0.3) is 0 Å². The number of hydrogen-bond donors (Lipinski definition) is 0. The van der Waals surface area contributed by atoms with Crippen LogP contribution in [0.15, 0.2) is 34.7 Å². The minimum atomic E-state index is 0.261. The van der Waals surface area contributed by atoms with Gasteiger partial charge in [-0.3, -0.25) is 0 Å². The molecule has 7 heteroatoms. The summed E-state index contributed by atoms with van der Waals surface area (Å²) in [6.45, 7) is 0. The normalized spacial score (nSPS) is 10.3. The van der Waals surface area contributed by atoms with Crippen LogP contribution in [0.5, 0.6) is 5.75 Å². The molecule has 0 N–H and O–H groups in total. The van der Waals surface area contributed by atoms with Gasteiger partial charge in [0.2, 0.25) is 0 Å². The number of nitrogens with zero attached hydrogens (tertiary/aromatic N) is 3. The van der Waals surface area contributed by atoms with Crippen molar-refractivity contribution in [1.29, 1.82) is 0 Å². The van der Waals surface area contributed by atoms with Crippen molar-refractivity contribution in [3.05, 3.63) is 34.8 Å². The van der Waals surface area contributed by atoms with E-state index in [1.54, 1.807) is 18.3 Å². The molecule has 0 saturated carbocycles. The lowest BCUT2D eigenvalue weighted by molar-refractivity contribution is 0.398. The molecule has 0 radical (unpaired) electrons. The Labute approximate surface area is 112 Å². The van der Waals surface area contributed by atoms with Crippen molar-refractivity contribution in [2.75, 3.05) is 7.11 Å². The molecule has 0 atom stereocenters. The minimum absolute atomic E-state index is 0.261. The molecular formula is C10H7Cl2N3OS. The predicted octanol–water partition coefficient (Wildman–Crippen LogP) is 3.34. The van der Waals surface area contributed by atoms with E-state index >= 15 is 0 Å². The molecule has 0 aliphatic carbocycles. The summed E-state index contributed by atoms with van der Waals surface area (Å²) in [7, 11) is 1.51. The Kier molecular flexibility index (Phi) is 4.04. The average molecular weight is 288 g/mol. The quantitative estimate of drug-likeness (QED) is 0.811. The molecule has 2 heterocycles. The highest BCUT2D eigenvalue weighted by molar-refractivity contribution is 7.99. The van der Waals surface area contributed by atoms with Crippen LogP contribution in [0.2, 0.25) is 10.2 Å². The van der Waals surface area contributed by atoms with Gasteiger partial charge in [0.25, 0.3) is 0 Å². The zero-order valence-corrected chi connectivity index (χ0v) is 11.1. The molecule has 2 aromatic rings. The molecule has 0 saturated heterocycles. The van der Waals surface area contributed by atoms with Crippen LogP contribution in [-0.4, -0.2) is 22.1 Å². The van der Waals surface area contributed by atoms with Gasteiger partial charge in [0.15, 0.2) is 10.9 Å². The van der Waals surface area contributed by atoms with Crippen molar-refractivity contribution in [2.24, 2.45) is 0 Å². The van der Waals surface area contributed by atoms with E-state index in [1.165, 1.54) is 25.2 Å². The Morgan fingerprint density at radius 2 is 2.00 bits per heavy atom. The van der Waals surface area contributed by atoms with E-state index in [9.17, 15) is 0 Å². The largest absolute Gasteiger partial charge is 0.491 e. The lowest BCUT2D eigenvalue weighted by atomic mass is 10.5. The molecule has 0 spiro atoms. The Hall–Kier alpha value is -1.04. The van der Waals surface area contributed by atoms with E-state index in [1.807, 2.05) is 0 Å². The first-order valence-electron chi connectivity index (χ1n) is 4.55. The van der Waals surface area contributed by atoms with Crippen molar-refractivity contribution in [1.82, 2.24) is 15.0 Å². The first-order chi connectivity index (χ1) is 8.22. The van der Waals surface area contributed by atoms with Crippen LogP contribution < -0.4 is 4.74 Å². The Balaban J connectivity index is 2.37. The van der Waals surface area contributed by atoms with Gasteiger partial charge in [-0.15, -0.1) is 0 Å². The highest BCUT2D eigenvalue weighted by Crippen LogP contribution is 2.37. The third-order valence-corrected chi connectivity index (χ3v) is 3.54. The Morgan fingerprint density at radius 3 is 2.71 bits per heavy atom. The molecule has 4 nitrogen and oxygen atoms in total. The van der Waals surface area contributed by atoms with Crippen LogP contribution in [-0.2, 0) is 0 Å². The van der Waals surface area contributed by atoms with Crippen LogP contribution in [0.4, 0.5) is 0 Å². The van der Waals surface area contributed by atoms with Crippen LogP contribution in [0, 0.1) is 0 Å². The van der Waals surface area contributed by atoms with Gasteiger partial charge in [0.05, 0.1) is 12.1 Å². The number of aromatic nitrogens is 3. The van der Waals surface area contributed by atoms with Gasteiger partial charge in [-0.1, -0.05) is 23.2 Å². The van der Waals surface area contributed by atoms with Gasteiger partial charge in [0, 0.05) is 6.20 Å². The summed E-state index contributed by atoms with van der Waals surface area (Å²) in [5, 5.41) is 2.03. The SMILES string of the molecule is COc1c(Cl)ncnc1Sc1ncccc1Cl. The lowest BCUT2D eigenvalue weighted by Crippen LogP contribution is -1.93. The van der Waals surface area contributed by atoms with Crippen LogP contribution in [0.1, 0.15) is 0 Å². The zero-order valence-electron chi connectivity index (χ0n) is 8.72. The standard InChI is InChI=1S/C10H7Cl2N3OS/c1-16-7-8(12)14-5-15-10(7)17-9-6(11)3-2-4-13-9/h2-5H,1H3. The highest BCUT2D eigenvalue weighted by Gasteiger charge is 2.13. The summed E-state index contributed by atoms with van der Waals surface area (Å²) in [5.41, 5.74) is 0. The summed E-state index contributed by atoms with van der Waals surface area (Å²) in [6.07, 6.45) is 3.02. The first kappa shape index (κ1) is 12.4. The summed E-state index contributed by atoms with van der Waals surface area (Å²) < 4.78 is 5.14. The second kappa shape index (κ2) is 5.53. The molecule has 0 aliphatic heterocycles. The van der Waals surface area contributed by atoms with Crippen LogP contribution >= 0.6 is 35.0 Å². The number of methoxy groups -OCH3 is 1. The van der Waals surface area contributed by atoms with Crippen molar-refractivity contribution >= 4 is 35.0 Å². The molecule has 0 fully saturated rings. The van der Waals surface area contributed by atoms with Gasteiger partial charge in [-0.2, -0.15) is 0 Å². The van der Waals surface area contributed by atoms with Gasteiger partial charge < -0.3 is 4.74 Å². The molecule has 2 aromatic heterocycles. The second-order valence-corrected chi connectivity index (χ2v) is 4.64. The molecule has 0 unspecified atom stereocenters. The zero-order chi connectivity index (χ0) is 12.3. The molecule has 0 bridgehead atoms. The fourth-order valence-electron chi connectivity index (χ4n) is 1.12. The number of rotatable bonds is 3. The fourth-order valence-corrected chi connectivity index (χ4v) is 2.46. The Morgan fingerprint density at radius 1 is 1.18 bits per heavy atom. The van der Waals surface area contributed by atoms with Crippen LogP contribution in [0.3, 0.4) is 0 Å². The van der Waals surface area contributed by atoms with Crippen molar-refractivity contribution < 1.29 is 4.74 Å². The smallest absolute Gasteiger partial charge is 0.188 e. The highest BCUT2D eigenvalue weighted by atomic mass is 35.5. The number of pyridine rings is 1. The minimum Gasteiger partial charge on any atom is -0.491 e. The summed E-state index contributed by atoms with van der Waals surface area (Å²) in [5.74, 6) is 0.417. The maximum Gasteiger partial charge on any atom is 0.188 e. The number of halogens is 2. The molecule has 88 valence electrons. The fraction of sp³-hybridized carbons (Fsp3) is 0.100. The average Bonchev–Trinajstić information content (AvgIpc) is 2.32. The molecule has 0 amide bonds. The Bertz CT molecular complexity index is 539. The second-order valence-electron chi connectivity index (χ2n) is 2.90. The summed E-state index contributed by atoms with van der Waals surface area (Å²) >= 11 is 13.2. The summed E-state index contributed by atoms with van der Waals surface area (Å²) in [4.78, 5) is 12.1. The third-order valence-electron chi connectivity index (χ3n) is 1.85. The van der Waals surface area contributed by atoms with Crippen molar-refractivity contribution in [3.8, 4) is 5.75 Å². The number of hydrogen-bond acceptors (Lipinski definition) is 5. The van der Waals surface area contributed by atoms with Crippen molar-refractivity contribution in [3.63, 3.8) is 0 Å². The predicted molar refractivity (Wildman–Crippen MR) is 67.0 cm³/mol. The van der Waals surface area contributed by atoms with Gasteiger partial charge >= 0.3 is 0 Å². The molecule has 17 heavy (non-hydrogen) atoms. The van der Waals surface area contributed by atoms with E-state index < -0.39 is 0 Å². The monoisotopic (exact) mass is 287 g/mol. The molecule has 0 aromatic carbocycles. The number of ether oxygens (including phenoxy) is 1. The van der Waals surface area contributed by atoms with Gasteiger partial charge in [-0.25, -0.2) is 15.0 Å². The summed E-state index contributed by atoms with van der Waals surface area (Å²) in [6, 6.07) is 3.52.